The van der Waals surface area contributed by atoms with E-state index in [1.54, 1.807) is 0 Å². The van der Waals surface area contributed by atoms with Crippen molar-refractivity contribution in [2.45, 2.75) is 158 Å². The number of hydrogen-bond acceptors (Lipinski definition) is 4. The minimum atomic E-state index is -0.235. The van der Waals surface area contributed by atoms with Gasteiger partial charge in [-0.15, -0.1) is 0 Å². The summed E-state index contributed by atoms with van der Waals surface area (Å²) in [6, 6.07) is 21.2. The van der Waals surface area contributed by atoms with Crippen LogP contribution in [0.4, 0.5) is 0 Å². The van der Waals surface area contributed by atoms with Crippen molar-refractivity contribution >= 4 is 18.1 Å². The predicted octanol–water partition coefficient (Wildman–Crippen LogP) is 15.3. The van der Waals surface area contributed by atoms with E-state index in [2.05, 4.69) is 147 Å². The zero-order chi connectivity index (χ0) is 40.2. The number of aryl methyl sites for hydroxylation is 2. The molecule has 54 heavy (non-hydrogen) atoms. The van der Waals surface area contributed by atoms with Crippen molar-refractivity contribution in [1.82, 2.24) is 0 Å². The maximum absolute atomic E-state index is 7.06. The largest absolute Gasteiger partial charge is 0.441 e. The van der Waals surface area contributed by atoms with Gasteiger partial charge in [0.2, 0.25) is 0 Å². The van der Waals surface area contributed by atoms with E-state index in [1.807, 2.05) is 24.3 Å². The third kappa shape index (κ3) is 9.48. The fraction of sp³-hybridized carbons (Fsp3) is 0.500. The highest BCUT2D eigenvalue weighted by molar-refractivity contribution is 7.27. The van der Waals surface area contributed by atoms with Crippen molar-refractivity contribution in [3.8, 4) is 34.1 Å². The van der Waals surface area contributed by atoms with Crippen LogP contribution in [0.15, 0.2) is 60.7 Å². The van der Waals surface area contributed by atoms with E-state index in [1.165, 1.54) is 33.4 Å². The Bertz CT molecular complexity index is 1780. The standard InChI is InChI=1S/C48H68O4P2/c1-17-45(9,10)37-29-39(47(13,14)19-3)43(51-53-49-35-25-21-23-31(5)27-35)41(33(37)7)42-34(8)38(46(11,12)18-2)30-40(48(15,16)20-4)44(42)52-54-50-36-26-22-24-32(6)28-36/h21-30,53-54H,17-20H2,1-16H3. The highest BCUT2D eigenvalue weighted by Gasteiger charge is 2.37. The predicted molar refractivity (Wildman–Crippen MR) is 236 cm³/mol. The van der Waals surface area contributed by atoms with Crippen molar-refractivity contribution in [2.75, 3.05) is 0 Å². The lowest BCUT2D eigenvalue weighted by atomic mass is 9.69. The Hall–Kier alpha value is -3.06. The first-order chi connectivity index (χ1) is 25.2. The summed E-state index contributed by atoms with van der Waals surface area (Å²) in [6.45, 7) is 36.7. The molecule has 0 fully saturated rings. The summed E-state index contributed by atoms with van der Waals surface area (Å²) in [5, 5.41) is 0. The van der Waals surface area contributed by atoms with Gasteiger partial charge in [0.25, 0.3) is 18.1 Å². The smallest absolute Gasteiger partial charge is 0.275 e. The van der Waals surface area contributed by atoms with E-state index >= 15 is 0 Å². The fourth-order valence-electron chi connectivity index (χ4n) is 7.08. The van der Waals surface area contributed by atoms with Crippen LogP contribution < -0.4 is 18.1 Å². The van der Waals surface area contributed by atoms with Gasteiger partial charge >= 0.3 is 0 Å². The zero-order valence-electron chi connectivity index (χ0n) is 36.2. The van der Waals surface area contributed by atoms with Gasteiger partial charge in [0.15, 0.2) is 0 Å². The molecule has 6 heteroatoms. The Balaban J connectivity index is 2.17. The average molecular weight is 771 g/mol. The second-order valence-electron chi connectivity index (χ2n) is 17.8. The van der Waals surface area contributed by atoms with Crippen LogP contribution in [0.25, 0.3) is 11.1 Å². The molecule has 0 saturated carbocycles. The maximum Gasteiger partial charge on any atom is 0.275 e. The normalized spacial score (nSPS) is 13.0. The highest BCUT2D eigenvalue weighted by Crippen LogP contribution is 2.55. The number of hydrogen-bond donors (Lipinski definition) is 0. The zero-order valence-corrected chi connectivity index (χ0v) is 38.2. The molecule has 0 amide bonds. The molecule has 2 unspecified atom stereocenters. The summed E-state index contributed by atoms with van der Waals surface area (Å²) < 4.78 is 26.9. The molecule has 4 rings (SSSR count). The first-order valence-electron chi connectivity index (χ1n) is 19.9. The van der Waals surface area contributed by atoms with Crippen LogP contribution >= 0.6 is 18.1 Å². The molecule has 0 saturated heterocycles. The van der Waals surface area contributed by atoms with Crippen LogP contribution in [0.2, 0.25) is 0 Å². The second kappa shape index (κ2) is 17.4. The summed E-state index contributed by atoms with van der Waals surface area (Å²) >= 11 is 0. The summed E-state index contributed by atoms with van der Waals surface area (Å²) in [4.78, 5) is 0. The summed E-state index contributed by atoms with van der Waals surface area (Å²) in [5.74, 6) is 3.37. The van der Waals surface area contributed by atoms with Crippen molar-refractivity contribution in [1.29, 1.82) is 0 Å². The van der Waals surface area contributed by atoms with Crippen LogP contribution in [0, 0.1) is 27.7 Å². The molecule has 4 aromatic carbocycles. The summed E-state index contributed by atoms with van der Waals surface area (Å²) in [7, 11) is -0.470. The van der Waals surface area contributed by atoms with Crippen molar-refractivity contribution in [2.24, 2.45) is 0 Å². The third-order valence-corrected chi connectivity index (χ3v) is 13.6. The molecule has 4 aromatic rings. The van der Waals surface area contributed by atoms with Gasteiger partial charge < -0.3 is 18.1 Å². The lowest BCUT2D eigenvalue weighted by Gasteiger charge is -2.37. The molecule has 0 aliphatic heterocycles. The molecule has 0 heterocycles. The van der Waals surface area contributed by atoms with Gasteiger partial charge in [0.1, 0.15) is 23.0 Å². The van der Waals surface area contributed by atoms with E-state index < -0.39 is 0 Å². The van der Waals surface area contributed by atoms with Gasteiger partial charge in [0, 0.05) is 22.3 Å². The molecule has 294 valence electrons. The Kier molecular flexibility index (Phi) is 14.1. The molecule has 0 aliphatic rings. The van der Waals surface area contributed by atoms with Crippen LogP contribution in [0.1, 0.15) is 153 Å². The fourth-order valence-corrected chi connectivity index (χ4v) is 8.20. The number of rotatable bonds is 17. The monoisotopic (exact) mass is 770 g/mol. The van der Waals surface area contributed by atoms with Gasteiger partial charge in [-0.2, -0.15) is 0 Å². The molecular formula is C48H68O4P2. The Morgan fingerprint density at radius 1 is 0.426 bits per heavy atom. The molecule has 4 nitrogen and oxygen atoms in total. The van der Waals surface area contributed by atoms with Crippen LogP contribution in [-0.4, -0.2) is 0 Å². The van der Waals surface area contributed by atoms with Gasteiger partial charge in [-0.3, -0.25) is 0 Å². The molecule has 2 atom stereocenters. The minimum absolute atomic E-state index is 0.0763. The molecule has 0 aliphatic carbocycles. The van der Waals surface area contributed by atoms with Gasteiger partial charge in [-0.1, -0.05) is 119 Å². The van der Waals surface area contributed by atoms with Crippen LogP contribution in [-0.2, 0) is 21.7 Å². The average Bonchev–Trinajstić information content (AvgIpc) is 3.12. The molecule has 0 spiro atoms. The molecule has 0 aromatic heterocycles. The Labute approximate surface area is 332 Å². The van der Waals surface area contributed by atoms with Crippen LogP contribution in [0.5, 0.6) is 23.0 Å². The van der Waals surface area contributed by atoms with Gasteiger partial charge in [-0.25, -0.2) is 0 Å². The minimum Gasteiger partial charge on any atom is -0.441 e. The van der Waals surface area contributed by atoms with E-state index in [0.717, 1.165) is 70.9 Å². The van der Waals surface area contributed by atoms with Gasteiger partial charge in [-0.05, 0) is 133 Å². The topological polar surface area (TPSA) is 36.9 Å². The highest BCUT2D eigenvalue weighted by atomic mass is 31.1. The Morgan fingerprint density at radius 3 is 1.04 bits per heavy atom. The maximum atomic E-state index is 7.06. The van der Waals surface area contributed by atoms with Crippen molar-refractivity contribution < 1.29 is 18.1 Å². The van der Waals surface area contributed by atoms with Crippen LogP contribution in [0.3, 0.4) is 0 Å². The van der Waals surface area contributed by atoms with Crippen molar-refractivity contribution in [3.05, 3.63) is 105 Å². The van der Waals surface area contributed by atoms with E-state index in [0.29, 0.717) is 0 Å². The summed E-state index contributed by atoms with van der Waals surface area (Å²) in [6.07, 6.45) is 3.90. The molecular weight excluding hydrogens is 702 g/mol. The van der Waals surface area contributed by atoms with Crippen molar-refractivity contribution in [3.63, 3.8) is 0 Å². The lowest BCUT2D eigenvalue weighted by molar-refractivity contribution is 0.453. The molecule has 0 N–H and O–H groups in total. The Morgan fingerprint density at radius 2 is 0.741 bits per heavy atom. The van der Waals surface area contributed by atoms with Gasteiger partial charge in [0.05, 0.1) is 0 Å². The molecule has 0 radical (unpaired) electrons. The summed E-state index contributed by atoms with van der Waals surface area (Å²) in [5.41, 5.74) is 11.5. The second-order valence-corrected chi connectivity index (χ2v) is 18.9. The molecule has 0 bridgehead atoms. The lowest BCUT2D eigenvalue weighted by Crippen LogP contribution is -2.25. The SMILES string of the molecule is CCC(C)(C)c1cc(C(C)(C)CC)c(OPOc2cccc(C)c2)c(-c2c(C)c(C(C)(C)CC)cc(C(C)(C)CC)c2OPOc2cccc(C)c2)c1C. The number of benzene rings is 4. The first-order valence-corrected chi connectivity index (χ1v) is 21.6. The van der Waals surface area contributed by atoms with E-state index in [9.17, 15) is 0 Å². The quantitative estimate of drug-likeness (QED) is 0.100. The van der Waals surface area contributed by atoms with E-state index in [4.69, 9.17) is 18.1 Å². The van der Waals surface area contributed by atoms with E-state index in [-0.39, 0.29) is 39.7 Å². The first kappa shape index (κ1) is 43.7. The third-order valence-electron chi connectivity index (χ3n) is 12.4.